The first-order valence-corrected chi connectivity index (χ1v) is 16.8. The Morgan fingerprint density at radius 1 is 1.00 bits per heavy atom. The molecule has 0 unspecified atom stereocenters. The SMILES string of the molecule is Cn1nnnc1SC[C@@H]1C[C@H](c2ccc(CO)cc2)O[C@H](c2ccc(-c3cccc(CNC(=O)[C@@H]4CCCN4C(=O)C(F)(F)F)c3)cc2)O1. The standard InChI is InChI=1S/C34H35F3N6O5S/c1-42-33(39-40-41-42)49-20-27-17-29(24-9-7-21(19-44)8-10-24)48-31(47-27)25-13-11-23(12-14-25)26-5-2-4-22(16-26)18-38-30(45)28-6-3-15-43(28)32(46)34(35,36)37/h2,4-5,7-14,16,27-29,31,44H,3,6,15,17-20H2,1H3,(H,38,45)/t27-,28-,29+,31+/m0/s1. The number of halogens is 3. The number of aryl methyl sites for hydroxylation is 1. The van der Waals surface area contributed by atoms with Crippen molar-refractivity contribution < 1.29 is 37.3 Å². The maximum absolute atomic E-state index is 13.0. The Morgan fingerprint density at radius 2 is 1.76 bits per heavy atom. The van der Waals surface area contributed by atoms with Crippen molar-refractivity contribution in [3.05, 3.63) is 95.1 Å². The summed E-state index contributed by atoms with van der Waals surface area (Å²) in [6.45, 7) is -0.0416. The van der Waals surface area contributed by atoms with Crippen LogP contribution in [-0.4, -0.2) is 72.6 Å². The molecular formula is C34H35F3N6O5S. The minimum atomic E-state index is -5.02. The van der Waals surface area contributed by atoms with Crippen LogP contribution in [-0.2, 0) is 39.3 Å². The summed E-state index contributed by atoms with van der Waals surface area (Å²) in [5.41, 5.74) is 5.17. The predicted octanol–water partition coefficient (Wildman–Crippen LogP) is 4.88. The van der Waals surface area contributed by atoms with Crippen molar-refractivity contribution in [2.75, 3.05) is 12.3 Å². The van der Waals surface area contributed by atoms with Crippen LogP contribution in [0.5, 0.6) is 0 Å². The van der Waals surface area contributed by atoms with Crippen LogP contribution in [0.2, 0.25) is 0 Å². The van der Waals surface area contributed by atoms with Crippen LogP contribution in [0.4, 0.5) is 13.2 Å². The Balaban J connectivity index is 1.12. The molecule has 6 rings (SSSR count). The van der Waals surface area contributed by atoms with Gasteiger partial charge in [-0.05, 0) is 57.2 Å². The molecule has 11 nitrogen and oxygen atoms in total. The highest BCUT2D eigenvalue weighted by Gasteiger charge is 2.47. The molecule has 1 aromatic heterocycles. The van der Waals surface area contributed by atoms with Crippen LogP contribution in [0.15, 0.2) is 78.0 Å². The number of thioether (sulfide) groups is 1. The lowest BCUT2D eigenvalue weighted by molar-refractivity contribution is -0.245. The third kappa shape index (κ3) is 8.29. The van der Waals surface area contributed by atoms with Gasteiger partial charge in [0.15, 0.2) is 6.29 Å². The van der Waals surface area contributed by atoms with Gasteiger partial charge in [-0.25, -0.2) is 4.68 Å². The zero-order valence-corrected chi connectivity index (χ0v) is 27.4. The normalized spacial score (nSPS) is 21.1. The monoisotopic (exact) mass is 696 g/mol. The third-order valence-corrected chi connectivity index (χ3v) is 9.71. The van der Waals surface area contributed by atoms with Gasteiger partial charge in [-0.3, -0.25) is 9.59 Å². The summed E-state index contributed by atoms with van der Waals surface area (Å²) in [7, 11) is 1.78. The number of hydrogen-bond acceptors (Lipinski definition) is 9. The second-order valence-corrected chi connectivity index (χ2v) is 12.9. The number of alkyl halides is 3. The lowest BCUT2D eigenvalue weighted by Crippen LogP contribution is -2.50. The minimum absolute atomic E-state index is 0.0425. The second kappa shape index (κ2) is 15.1. The van der Waals surface area contributed by atoms with Crippen LogP contribution in [0.1, 0.15) is 53.9 Å². The number of aliphatic hydroxyl groups excluding tert-OH is 1. The highest BCUT2D eigenvalue weighted by molar-refractivity contribution is 7.99. The maximum Gasteiger partial charge on any atom is 0.471 e. The van der Waals surface area contributed by atoms with Crippen LogP contribution >= 0.6 is 11.8 Å². The lowest BCUT2D eigenvalue weighted by atomic mass is 9.99. The molecule has 0 saturated carbocycles. The van der Waals surface area contributed by atoms with Crippen molar-refractivity contribution in [1.29, 1.82) is 0 Å². The molecule has 4 aromatic rings. The predicted molar refractivity (Wildman–Crippen MR) is 172 cm³/mol. The molecule has 2 aliphatic rings. The van der Waals surface area contributed by atoms with Gasteiger partial charge in [-0.2, -0.15) is 13.2 Å². The van der Waals surface area contributed by atoms with E-state index in [-0.39, 0.29) is 38.3 Å². The fourth-order valence-electron chi connectivity index (χ4n) is 5.98. The Bertz CT molecular complexity index is 1750. The van der Waals surface area contributed by atoms with E-state index in [1.165, 1.54) is 11.8 Å². The lowest BCUT2D eigenvalue weighted by Gasteiger charge is -2.36. The molecule has 3 heterocycles. The van der Waals surface area contributed by atoms with Gasteiger partial charge < -0.3 is 24.8 Å². The average molecular weight is 697 g/mol. The molecule has 2 aliphatic heterocycles. The number of aromatic nitrogens is 4. The van der Waals surface area contributed by atoms with Crippen molar-refractivity contribution in [3.8, 4) is 11.1 Å². The van der Waals surface area contributed by atoms with E-state index in [1.54, 1.807) is 11.7 Å². The van der Waals surface area contributed by atoms with E-state index in [0.717, 1.165) is 33.4 Å². The van der Waals surface area contributed by atoms with E-state index >= 15 is 0 Å². The zero-order valence-electron chi connectivity index (χ0n) is 26.5. The molecule has 4 atom stereocenters. The average Bonchev–Trinajstić information content (AvgIpc) is 3.78. The number of tetrazole rings is 1. The van der Waals surface area contributed by atoms with Gasteiger partial charge in [0.25, 0.3) is 0 Å². The Morgan fingerprint density at radius 3 is 2.45 bits per heavy atom. The molecule has 49 heavy (non-hydrogen) atoms. The van der Waals surface area contributed by atoms with Gasteiger partial charge in [-0.1, -0.05) is 78.5 Å². The van der Waals surface area contributed by atoms with Crippen molar-refractivity contribution in [2.45, 2.75) is 68.3 Å². The number of rotatable bonds is 10. The van der Waals surface area contributed by atoms with Gasteiger partial charge in [-0.15, -0.1) is 5.10 Å². The molecule has 0 aliphatic carbocycles. The van der Waals surface area contributed by atoms with Gasteiger partial charge >= 0.3 is 12.1 Å². The van der Waals surface area contributed by atoms with Gasteiger partial charge in [0.1, 0.15) is 6.04 Å². The van der Waals surface area contributed by atoms with Crippen LogP contribution in [0, 0.1) is 0 Å². The molecule has 2 saturated heterocycles. The van der Waals surface area contributed by atoms with Crippen molar-refractivity contribution >= 4 is 23.6 Å². The third-order valence-electron chi connectivity index (χ3n) is 8.56. The molecule has 258 valence electrons. The molecular weight excluding hydrogens is 661 g/mol. The van der Waals surface area contributed by atoms with Crippen LogP contribution in [0.3, 0.4) is 0 Å². The van der Waals surface area contributed by atoms with Crippen molar-refractivity contribution in [3.63, 3.8) is 0 Å². The maximum atomic E-state index is 13.0. The molecule has 0 radical (unpaired) electrons. The molecule has 0 spiro atoms. The van der Waals surface area contributed by atoms with E-state index in [0.29, 0.717) is 28.7 Å². The quantitative estimate of drug-likeness (QED) is 0.223. The number of likely N-dealkylation sites (tertiary alicyclic amines) is 1. The van der Waals surface area contributed by atoms with Gasteiger partial charge in [0.05, 0.1) is 18.8 Å². The molecule has 15 heteroatoms. The summed E-state index contributed by atoms with van der Waals surface area (Å²) in [5, 5.41) is 24.5. The number of benzene rings is 3. The first kappa shape index (κ1) is 34.5. The fraction of sp³-hybridized carbons (Fsp3) is 0.382. The van der Waals surface area contributed by atoms with E-state index in [2.05, 4.69) is 20.8 Å². The van der Waals surface area contributed by atoms with Crippen LogP contribution in [0.25, 0.3) is 11.1 Å². The van der Waals surface area contributed by atoms with E-state index in [1.807, 2.05) is 72.8 Å². The summed E-state index contributed by atoms with van der Waals surface area (Å²) in [6.07, 6.45) is -4.94. The number of nitrogens with zero attached hydrogens (tertiary/aromatic N) is 5. The van der Waals surface area contributed by atoms with Crippen molar-refractivity contribution in [1.82, 2.24) is 30.4 Å². The summed E-state index contributed by atoms with van der Waals surface area (Å²) >= 11 is 1.50. The molecule has 2 N–H and O–H groups in total. The van der Waals surface area contributed by atoms with Gasteiger partial charge in [0.2, 0.25) is 11.1 Å². The first-order chi connectivity index (χ1) is 23.6. The Labute approximate surface area is 284 Å². The minimum Gasteiger partial charge on any atom is -0.392 e. The number of nitrogens with one attached hydrogen (secondary N) is 1. The van der Waals surface area contributed by atoms with Gasteiger partial charge in [0, 0.05) is 37.9 Å². The number of hydrogen-bond donors (Lipinski definition) is 2. The van der Waals surface area contributed by atoms with E-state index in [9.17, 15) is 27.9 Å². The summed E-state index contributed by atoms with van der Waals surface area (Å²) < 4.78 is 53.5. The molecule has 3 aromatic carbocycles. The highest BCUT2D eigenvalue weighted by Crippen LogP contribution is 2.39. The smallest absolute Gasteiger partial charge is 0.392 e. The Hall–Kier alpha value is -4.31. The number of ether oxygens (including phenoxy) is 2. The number of carbonyl (C=O) groups is 2. The van der Waals surface area contributed by atoms with E-state index in [4.69, 9.17) is 9.47 Å². The topological polar surface area (TPSA) is 132 Å². The first-order valence-electron chi connectivity index (χ1n) is 15.8. The largest absolute Gasteiger partial charge is 0.471 e. The number of carbonyl (C=O) groups excluding carboxylic acids is 2. The fourth-order valence-corrected chi connectivity index (χ4v) is 6.85. The zero-order chi connectivity index (χ0) is 34.5. The molecule has 0 bridgehead atoms. The number of aliphatic hydroxyl groups is 1. The van der Waals surface area contributed by atoms with Crippen LogP contribution < -0.4 is 5.32 Å². The second-order valence-electron chi connectivity index (χ2n) is 11.9. The summed E-state index contributed by atoms with van der Waals surface area (Å²) in [4.78, 5) is 25.2. The summed E-state index contributed by atoms with van der Waals surface area (Å²) in [5.74, 6) is -1.98. The highest BCUT2D eigenvalue weighted by atomic mass is 32.2. The van der Waals surface area contributed by atoms with Crippen molar-refractivity contribution in [2.24, 2.45) is 7.05 Å². The number of amides is 2. The Kier molecular flexibility index (Phi) is 10.6. The summed E-state index contributed by atoms with van der Waals surface area (Å²) in [6, 6.07) is 21.8. The molecule has 2 amide bonds. The van der Waals surface area contributed by atoms with E-state index < -0.39 is 30.3 Å². The molecule has 2 fully saturated rings.